The van der Waals surface area contributed by atoms with Gasteiger partial charge in [0.2, 0.25) is 0 Å². The van der Waals surface area contributed by atoms with E-state index in [1.54, 1.807) is 0 Å². The second-order valence-corrected chi connectivity index (χ2v) is 15.0. The van der Waals surface area contributed by atoms with Crippen LogP contribution in [-0.4, -0.2) is 62.1 Å². The van der Waals surface area contributed by atoms with Crippen molar-refractivity contribution in [2.24, 2.45) is 0 Å². The first-order chi connectivity index (χ1) is 25.0. The normalized spacial score (nSPS) is 14.2. The molecule has 0 saturated carbocycles. The van der Waals surface area contributed by atoms with E-state index in [1.807, 2.05) is 0 Å². The second kappa shape index (κ2) is 26.9. The fourth-order valence-electron chi connectivity index (χ4n) is 6.81. The third-order valence-electron chi connectivity index (χ3n) is 9.71. The highest BCUT2D eigenvalue weighted by Crippen LogP contribution is 2.29. The number of hydrogen-bond donors (Lipinski definition) is 1. The molecular formula is C44H66N2O4S. The van der Waals surface area contributed by atoms with Crippen molar-refractivity contribution in [3.8, 4) is 0 Å². The predicted molar refractivity (Wildman–Crippen MR) is 215 cm³/mol. The first kappa shape index (κ1) is 42.6. The van der Waals surface area contributed by atoms with Gasteiger partial charge >= 0.3 is 10.4 Å². The lowest BCUT2D eigenvalue weighted by molar-refractivity contribution is 0.118. The molecule has 0 unspecified atom stereocenters. The molecule has 0 radical (unpaired) electrons. The van der Waals surface area contributed by atoms with Gasteiger partial charge in [-0.1, -0.05) is 206 Å². The van der Waals surface area contributed by atoms with E-state index < -0.39 is 10.4 Å². The predicted octanol–water partition coefficient (Wildman–Crippen LogP) is 11.2. The molecule has 1 aliphatic heterocycles. The summed E-state index contributed by atoms with van der Waals surface area (Å²) in [7, 11) is -4.24. The van der Waals surface area contributed by atoms with E-state index in [0.717, 1.165) is 45.6 Å². The molecule has 0 atom stereocenters. The lowest BCUT2D eigenvalue weighted by Crippen LogP contribution is -2.47. The number of piperazine rings is 1. The first-order valence-electron chi connectivity index (χ1n) is 19.9. The molecule has 282 valence electrons. The largest absolute Gasteiger partial charge is 0.397 e. The topological polar surface area (TPSA) is 70.1 Å². The molecule has 51 heavy (non-hydrogen) atoms. The Balaban J connectivity index is 0.000000283. The van der Waals surface area contributed by atoms with Crippen LogP contribution in [0.4, 0.5) is 0 Å². The van der Waals surface area contributed by atoms with Gasteiger partial charge in [0.05, 0.1) is 12.6 Å². The molecule has 7 heteroatoms. The molecule has 0 aromatic heterocycles. The smallest absolute Gasteiger partial charge is 0.297 e. The maximum atomic E-state index is 10.3. The Kier molecular flexibility index (Phi) is 22.5. The van der Waals surface area contributed by atoms with Crippen LogP contribution in [0.15, 0.2) is 97.1 Å². The van der Waals surface area contributed by atoms with Gasteiger partial charge in [-0.25, -0.2) is 4.18 Å². The molecule has 4 rings (SSSR count). The Labute approximate surface area is 311 Å². The van der Waals surface area contributed by atoms with Crippen molar-refractivity contribution in [2.75, 3.05) is 39.3 Å². The summed E-state index contributed by atoms with van der Waals surface area (Å²) in [4.78, 5) is 5.17. The molecule has 1 N–H and O–H groups in total. The molecule has 3 aromatic rings. The highest BCUT2D eigenvalue weighted by Gasteiger charge is 2.25. The van der Waals surface area contributed by atoms with Crippen LogP contribution in [0.1, 0.15) is 132 Å². The van der Waals surface area contributed by atoms with Crippen LogP contribution >= 0.6 is 0 Å². The van der Waals surface area contributed by atoms with Gasteiger partial charge in [-0.2, -0.15) is 8.42 Å². The number of hydrogen-bond acceptors (Lipinski definition) is 5. The summed E-state index contributed by atoms with van der Waals surface area (Å²) < 4.78 is 33.3. The molecule has 0 spiro atoms. The molecule has 3 aromatic carbocycles. The van der Waals surface area contributed by atoms with Crippen LogP contribution < -0.4 is 0 Å². The van der Waals surface area contributed by atoms with E-state index >= 15 is 0 Å². The molecule has 1 heterocycles. The minimum Gasteiger partial charge on any atom is -0.297 e. The molecule has 0 amide bonds. The van der Waals surface area contributed by atoms with E-state index in [4.69, 9.17) is 4.55 Å². The SMILES string of the molecule is C(=Cc1ccccc1)CN1CCN(C(c2ccccc2)c2ccccc2)CC1.CCCCCCCCCCCCCCCCCCOS(=O)(=O)O. The minimum absolute atomic E-state index is 0.0945. The zero-order valence-corrected chi connectivity index (χ0v) is 32.2. The summed E-state index contributed by atoms with van der Waals surface area (Å²) in [6, 6.07) is 32.7. The third kappa shape index (κ3) is 20.1. The summed E-state index contributed by atoms with van der Waals surface area (Å²) >= 11 is 0. The van der Waals surface area contributed by atoms with Crippen LogP contribution in [0.5, 0.6) is 0 Å². The fraction of sp³-hybridized carbons (Fsp3) is 0.545. The van der Waals surface area contributed by atoms with E-state index in [2.05, 4.69) is 124 Å². The van der Waals surface area contributed by atoms with Crippen LogP contribution in [0.3, 0.4) is 0 Å². The molecule has 6 nitrogen and oxygen atoms in total. The second-order valence-electron chi connectivity index (χ2n) is 13.9. The van der Waals surface area contributed by atoms with Gasteiger partial charge in [-0.15, -0.1) is 0 Å². The van der Waals surface area contributed by atoms with Crippen LogP contribution in [0, 0.1) is 0 Å². The molecular weight excluding hydrogens is 653 g/mol. The Morgan fingerprint density at radius 2 is 1.02 bits per heavy atom. The quantitative estimate of drug-likeness (QED) is 0.0734. The number of nitrogens with zero attached hydrogens (tertiary/aromatic N) is 2. The van der Waals surface area contributed by atoms with Crippen molar-refractivity contribution < 1.29 is 17.2 Å². The van der Waals surface area contributed by atoms with Crippen LogP contribution in [0.2, 0.25) is 0 Å². The van der Waals surface area contributed by atoms with Crippen molar-refractivity contribution >= 4 is 16.5 Å². The minimum atomic E-state index is -4.24. The molecule has 0 aliphatic carbocycles. The number of rotatable bonds is 24. The van der Waals surface area contributed by atoms with Crippen molar-refractivity contribution in [3.05, 3.63) is 114 Å². The van der Waals surface area contributed by atoms with E-state index in [9.17, 15) is 8.42 Å². The highest BCUT2D eigenvalue weighted by atomic mass is 32.3. The fourth-order valence-corrected chi connectivity index (χ4v) is 7.13. The Bertz CT molecular complexity index is 1340. The summed E-state index contributed by atoms with van der Waals surface area (Å²) in [5.74, 6) is 0. The molecule has 0 bridgehead atoms. The van der Waals surface area contributed by atoms with Crippen molar-refractivity contribution in [3.63, 3.8) is 0 Å². The third-order valence-corrected chi connectivity index (χ3v) is 10.2. The lowest BCUT2D eigenvalue weighted by atomic mass is 9.96. The summed E-state index contributed by atoms with van der Waals surface area (Å²) in [6.45, 7) is 7.77. The standard InChI is InChI=1S/C26H28N2.C18H38O4S/c1-4-11-23(12-5-1)13-10-18-27-19-21-28(22-20-27)26(24-14-6-2-7-15-24)25-16-8-3-9-17-25;1-2-3-4-5-6-7-8-9-10-11-12-13-14-15-16-17-18-22-23(19,20)21/h1-17,26H,18-22H2;2-18H2,1H3,(H,19,20,21). The summed E-state index contributed by atoms with van der Waals surface area (Å²) in [5, 5.41) is 0. The van der Waals surface area contributed by atoms with Gasteiger partial charge in [0.25, 0.3) is 0 Å². The van der Waals surface area contributed by atoms with Crippen molar-refractivity contribution in [1.29, 1.82) is 0 Å². The van der Waals surface area contributed by atoms with Crippen molar-refractivity contribution in [2.45, 2.75) is 116 Å². The van der Waals surface area contributed by atoms with Gasteiger partial charge < -0.3 is 0 Å². The average Bonchev–Trinajstić information content (AvgIpc) is 3.15. The zero-order chi connectivity index (χ0) is 36.2. The maximum absolute atomic E-state index is 10.3. The maximum Gasteiger partial charge on any atom is 0.397 e. The molecule has 1 saturated heterocycles. The Morgan fingerprint density at radius 3 is 1.45 bits per heavy atom. The zero-order valence-electron chi connectivity index (χ0n) is 31.4. The van der Waals surface area contributed by atoms with Crippen LogP contribution in [0.25, 0.3) is 6.08 Å². The summed E-state index contributed by atoms with van der Waals surface area (Å²) in [6.07, 6.45) is 25.0. The van der Waals surface area contributed by atoms with Crippen molar-refractivity contribution in [1.82, 2.24) is 9.80 Å². The lowest BCUT2D eigenvalue weighted by Gasteiger charge is -2.39. The van der Waals surface area contributed by atoms with Crippen LogP contribution in [-0.2, 0) is 14.6 Å². The monoisotopic (exact) mass is 718 g/mol. The number of unbranched alkanes of at least 4 members (excludes halogenated alkanes) is 15. The van der Waals surface area contributed by atoms with Gasteiger partial charge in [-0.3, -0.25) is 14.4 Å². The van der Waals surface area contributed by atoms with E-state index in [0.29, 0.717) is 12.5 Å². The highest BCUT2D eigenvalue weighted by molar-refractivity contribution is 7.80. The van der Waals surface area contributed by atoms with Gasteiger partial charge in [-0.05, 0) is 23.1 Å². The molecule has 1 aliphatic rings. The van der Waals surface area contributed by atoms with Gasteiger partial charge in [0, 0.05) is 32.7 Å². The van der Waals surface area contributed by atoms with E-state index in [-0.39, 0.29) is 6.61 Å². The Morgan fingerprint density at radius 1 is 0.608 bits per heavy atom. The first-order valence-corrected chi connectivity index (χ1v) is 21.2. The van der Waals surface area contributed by atoms with Gasteiger partial charge in [0.1, 0.15) is 0 Å². The van der Waals surface area contributed by atoms with Gasteiger partial charge in [0.15, 0.2) is 0 Å². The molecule has 1 fully saturated rings. The summed E-state index contributed by atoms with van der Waals surface area (Å²) in [5.41, 5.74) is 4.03. The Hall–Kier alpha value is -2.81. The average molecular weight is 719 g/mol. The van der Waals surface area contributed by atoms with E-state index in [1.165, 1.54) is 100 Å². The number of benzene rings is 3.